The lowest BCUT2D eigenvalue weighted by Crippen LogP contribution is -2.29. The number of rotatable bonds is 4. The van der Waals surface area contributed by atoms with Crippen molar-refractivity contribution in [2.45, 2.75) is 5.41 Å². The van der Waals surface area contributed by atoms with Gasteiger partial charge in [-0.25, -0.2) is 9.97 Å². The lowest BCUT2D eigenvalue weighted by molar-refractivity contribution is 0.775. The molecule has 2 aliphatic rings. The summed E-state index contributed by atoms with van der Waals surface area (Å²) in [5, 5.41) is 0. The Kier molecular flexibility index (Phi) is 7.11. The fourth-order valence-corrected chi connectivity index (χ4v) is 9.13. The van der Waals surface area contributed by atoms with Gasteiger partial charge in [0.2, 0.25) is 0 Å². The highest BCUT2D eigenvalue weighted by molar-refractivity contribution is 5.98. The van der Waals surface area contributed by atoms with Crippen LogP contribution in [0.5, 0.6) is 0 Å². The second-order valence-electron chi connectivity index (χ2n) is 14.5. The molecule has 55 heavy (non-hydrogen) atoms. The van der Waals surface area contributed by atoms with Gasteiger partial charge in [-0.1, -0.05) is 194 Å². The minimum absolute atomic E-state index is 0.556. The van der Waals surface area contributed by atoms with Crippen LogP contribution >= 0.6 is 0 Å². The second kappa shape index (κ2) is 12.5. The number of fused-ring (bicyclic) bond motifs is 12. The van der Waals surface area contributed by atoms with E-state index in [9.17, 15) is 0 Å². The highest BCUT2D eigenvalue weighted by Gasteiger charge is 2.49. The van der Waals surface area contributed by atoms with Gasteiger partial charge in [0.05, 0.1) is 16.8 Å². The summed E-state index contributed by atoms with van der Waals surface area (Å²) in [5.41, 5.74) is 19.4. The first-order valence-corrected chi connectivity index (χ1v) is 18.9. The van der Waals surface area contributed by atoms with Crippen LogP contribution in [0.25, 0.3) is 78.4 Å². The van der Waals surface area contributed by atoms with Crippen molar-refractivity contribution in [2.75, 3.05) is 0 Å². The van der Waals surface area contributed by atoms with Crippen LogP contribution in [0.2, 0.25) is 0 Å². The zero-order chi connectivity index (χ0) is 36.3. The SMILES string of the molecule is c1ccc(-c2ccc(-c3cc(-c4ccc5c(c4)C4(c6ccccc6-c6ccccc6-5)c5ccccc5-c5ccccc54)nc(-c4ccccc4)n3)cc2)cc1. The highest BCUT2D eigenvalue weighted by atomic mass is 14.9. The lowest BCUT2D eigenvalue weighted by Gasteiger charge is -2.35. The van der Waals surface area contributed by atoms with Crippen LogP contribution in [-0.2, 0) is 5.41 Å². The Balaban J connectivity index is 1.18. The molecule has 0 saturated heterocycles. The molecule has 1 spiro atoms. The zero-order valence-electron chi connectivity index (χ0n) is 30.0. The van der Waals surface area contributed by atoms with E-state index in [0.717, 1.165) is 28.1 Å². The van der Waals surface area contributed by atoms with Gasteiger partial charge in [-0.05, 0) is 78.9 Å². The minimum atomic E-state index is -0.556. The maximum Gasteiger partial charge on any atom is 0.160 e. The van der Waals surface area contributed by atoms with Gasteiger partial charge in [0.15, 0.2) is 5.82 Å². The van der Waals surface area contributed by atoms with Crippen LogP contribution in [-0.4, -0.2) is 9.97 Å². The molecule has 0 radical (unpaired) electrons. The summed E-state index contributed by atoms with van der Waals surface area (Å²) in [6, 6.07) is 74.6. The van der Waals surface area contributed by atoms with E-state index in [0.29, 0.717) is 5.82 Å². The van der Waals surface area contributed by atoms with Crippen molar-refractivity contribution in [3.63, 3.8) is 0 Å². The average Bonchev–Trinajstić information content (AvgIpc) is 3.52. The van der Waals surface area contributed by atoms with Crippen LogP contribution in [0.4, 0.5) is 0 Å². The van der Waals surface area contributed by atoms with Crippen LogP contribution in [0.3, 0.4) is 0 Å². The Bertz CT molecular complexity index is 2860. The van der Waals surface area contributed by atoms with Crippen LogP contribution < -0.4 is 0 Å². The molecule has 11 rings (SSSR count). The van der Waals surface area contributed by atoms with Gasteiger partial charge in [0, 0.05) is 16.7 Å². The van der Waals surface area contributed by atoms with E-state index in [4.69, 9.17) is 9.97 Å². The van der Waals surface area contributed by atoms with Gasteiger partial charge >= 0.3 is 0 Å². The van der Waals surface area contributed by atoms with Gasteiger partial charge in [-0.2, -0.15) is 0 Å². The van der Waals surface area contributed by atoms with E-state index in [1.165, 1.54) is 66.8 Å². The molecule has 0 unspecified atom stereocenters. The largest absolute Gasteiger partial charge is 0.228 e. The maximum atomic E-state index is 5.32. The molecule has 2 aliphatic carbocycles. The molecule has 1 heterocycles. The molecular formula is C53H34N2. The van der Waals surface area contributed by atoms with Gasteiger partial charge in [-0.3, -0.25) is 0 Å². The van der Waals surface area contributed by atoms with Gasteiger partial charge in [0.25, 0.3) is 0 Å². The normalized spacial score (nSPS) is 12.9. The predicted octanol–water partition coefficient (Wildman–Crippen LogP) is 13.2. The Hall–Kier alpha value is -7.16. The lowest BCUT2D eigenvalue weighted by atomic mass is 9.65. The molecule has 1 aromatic heterocycles. The summed E-state index contributed by atoms with van der Waals surface area (Å²) in [4.78, 5) is 10.5. The summed E-state index contributed by atoms with van der Waals surface area (Å²) in [7, 11) is 0. The molecule has 0 fully saturated rings. The van der Waals surface area contributed by atoms with E-state index < -0.39 is 5.41 Å². The first-order valence-electron chi connectivity index (χ1n) is 18.9. The molecular weight excluding hydrogens is 665 g/mol. The molecule has 2 heteroatoms. The maximum absolute atomic E-state index is 5.32. The van der Waals surface area contributed by atoms with Crippen molar-refractivity contribution in [1.82, 2.24) is 9.97 Å². The standard InChI is InChI=1S/C53H34N2/c1-3-15-35(16-4-1)36-27-29-37(30-28-36)50-34-51(55-52(54-50)38-17-5-2-6-18-38)39-31-32-45-41-20-8-7-19-40(41)42-21-9-12-24-46(42)53(49(45)33-39)47-25-13-10-22-43(47)44-23-11-14-26-48(44)53/h1-34H. The number of hydrogen-bond donors (Lipinski definition) is 0. The number of nitrogens with zero attached hydrogens (tertiary/aromatic N) is 2. The molecule has 2 nitrogen and oxygen atoms in total. The summed E-state index contributed by atoms with van der Waals surface area (Å²) in [6.45, 7) is 0. The third-order valence-electron chi connectivity index (χ3n) is 11.6. The summed E-state index contributed by atoms with van der Waals surface area (Å²) in [5.74, 6) is 0.706. The second-order valence-corrected chi connectivity index (χ2v) is 14.5. The number of aromatic nitrogens is 2. The third kappa shape index (κ3) is 4.82. The minimum Gasteiger partial charge on any atom is -0.228 e. The van der Waals surface area contributed by atoms with Crippen molar-refractivity contribution in [3.05, 3.63) is 229 Å². The molecule has 9 aromatic rings. The molecule has 0 saturated carbocycles. The summed E-state index contributed by atoms with van der Waals surface area (Å²) in [6.07, 6.45) is 0. The van der Waals surface area contributed by atoms with E-state index in [-0.39, 0.29) is 0 Å². The van der Waals surface area contributed by atoms with E-state index >= 15 is 0 Å². The molecule has 0 aliphatic heterocycles. The van der Waals surface area contributed by atoms with Crippen molar-refractivity contribution in [1.29, 1.82) is 0 Å². The first kappa shape index (κ1) is 31.4. The number of hydrogen-bond acceptors (Lipinski definition) is 2. The van der Waals surface area contributed by atoms with Gasteiger partial charge in [0.1, 0.15) is 0 Å². The smallest absolute Gasteiger partial charge is 0.160 e. The van der Waals surface area contributed by atoms with E-state index in [1.54, 1.807) is 0 Å². The molecule has 0 bridgehead atoms. The topological polar surface area (TPSA) is 25.8 Å². The Morgan fingerprint density at radius 2 is 0.636 bits per heavy atom. The highest BCUT2D eigenvalue weighted by Crippen LogP contribution is 2.61. The summed E-state index contributed by atoms with van der Waals surface area (Å²) < 4.78 is 0. The molecule has 0 amide bonds. The van der Waals surface area contributed by atoms with Crippen molar-refractivity contribution < 1.29 is 0 Å². The summed E-state index contributed by atoms with van der Waals surface area (Å²) >= 11 is 0. The third-order valence-corrected chi connectivity index (χ3v) is 11.6. The molecule has 0 atom stereocenters. The zero-order valence-corrected chi connectivity index (χ0v) is 30.0. The van der Waals surface area contributed by atoms with E-state index in [2.05, 4.69) is 200 Å². The average molecular weight is 699 g/mol. The quantitative estimate of drug-likeness (QED) is 0.183. The molecule has 8 aromatic carbocycles. The molecule has 0 N–H and O–H groups in total. The Labute approximate surface area is 321 Å². The van der Waals surface area contributed by atoms with Crippen LogP contribution in [0, 0.1) is 0 Å². The van der Waals surface area contributed by atoms with Crippen LogP contribution in [0.15, 0.2) is 206 Å². The molecule has 256 valence electrons. The fraction of sp³-hybridized carbons (Fsp3) is 0.0189. The van der Waals surface area contributed by atoms with Gasteiger partial charge in [-0.15, -0.1) is 0 Å². The van der Waals surface area contributed by atoms with Crippen molar-refractivity contribution in [3.8, 4) is 78.4 Å². The Morgan fingerprint density at radius 1 is 0.255 bits per heavy atom. The predicted molar refractivity (Wildman–Crippen MR) is 226 cm³/mol. The van der Waals surface area contributed by atoms with E-state index in [1.807, 2.05) is 6.07 Å². The monoisotopic (exact) mass is 698 g/mol. The fourth-order valence-electron chi connectivity index (χ4n) is 9.13. The van der Waals surface area contributed by atoms with Crippen LogP contribution in [0.1, 0.15) is 22.3 Å². The first-order chi connectivity index (χ1) is 27.3. The van der Waals surface area contributed by atoms with Gasteiger partial charge < -0.3 is 0 Å². The number of benzene rings is 8. The Morgan fingerprint density at radius 3 is 1.20 bits per heavy atom. The van der Waals surface area contributed by atoms with Crippen molar-refractivity contribution in [2.24, 2.45) is 0 Å². The van der Waals surface area contributed by atoms with Crippen molar-refractivity contribution >= 4 is 0 Å².